The van der Waals surface area contributed by atoms with E-state index in [0.717, 1.165) is 5.56 Å². The van der Waals surface area contributed by atoms with Gasteiger partial charge in [0.25, 0.3) is 10.0 Å². The zero-order valence-electron chi connectivity index (χ0n) is 14.2. The first-order valence-electron chi connectivity index (χ1n) is 8.52. The van der Waals surface area contributed by atoms with Gasteiger partial charge in [-0.25, -0.2) is 12.8 Å². The Labute approximate surface area is 156 Å². The zero-order chi connectivity index (χ0) is 18.6. The minimum absolute atomic E-state index is 0.0606. The van der Waals surface area contributed by atoms with E-state index in [1.165, 1.54) is 27.8 Å². The van der Waals surface area contributed by atoms with E-state index >= 15 is 0 Å². The van der Waals surface area contributed by atoms with Gasteiger partial charge < -0.3 is 5.32 Å². The van der Waals surface area contributed by atoms with Crippen molar-refractivity contribution in [2.24, 2.45) is 5.92 Å². The standard InChI is InChI=1S/C18H21FN2O3S2/c19-16-4-1-3-14(13-16)6-9-20-18(22)15-7-10-21(11-8-15)26(23,24)17-5-2-12-25-17/h1-5,12-13,15H,6-11H2,(H,20,22). The number of sulfonamides is 1. The Morgan fingerprint density at radius 3 is 2.65 bits per heavy atom. The summed E-state index contributed by atoms with van der Waals surface area (Å²) < 4.78 is 39.9. The average Bonchev–Trinajstić information content (AvgIpc) is 3.17. The zero-order valence-corrected chi connectivity index (χ0v) is 15.9. The Kier molecular flexibility index (Phi) is 6.05. The van der Waals surface area contributed by atoms with E-state index in [4.69, 9.17) is 0 Å². The summed E-state index contributed by atoms with van der Waals surface area (Å²) in [6, 6.07) is 9.64. The molecule has 1 aliphatic heterocycles. The molecule has 1 N–H and O–H groups in total. The molecule has 2 aromatic rings. The molecular weight excluding hydrogens is 375 g/mol. The van der Waals surface area contributed by atoms with Crippen LogP contribution in [-0.4, -0.2) is 38.3 Å². The van der Waals surface area contributed by atoms with E-state index < -0.39 is 10.0 Å². The molecule has 5 nitrogen and oxygen atoms in total. The van der Waals surface area contributed by atoms with Crippen molar-refractivity contribution >= 4 is 27.3 Å². The fraction of sp³-hybridized carbons (Fsp3) is 0.389. The molecule has 8 heteroatoms. The molecule has 0 atom stereocenters. The van der Waals surface area contributed by atoms with Crippen molar-refractivity contribution in [2.45, 2.75) is 23.5 Å². The Bertz CT molecular complexity index is 845. The first-order valence-corrected chi connectivity index (χ1v) is 10.8. The Balaban J connectivity index is 1.46. The van der Waals surface area contributed by atoms with Crippen LogP contribution in [-0.2, 0) is 21.2 Å². The van der Waals surface area contributed by atoms with E-state index in [9.17, 15) is 17.6 Å². The topological polar surface area (TPSA) is 66.5 Å². The van der Waals surface area contributed by atoms with E-state index in [2.05, 4.69) is 5.32 Å². The van der Waals surface area contributed by atoms with Crippen molar-refractivity contribution in [3.05, 3.63) is 53.2 Å². The third kappa shape index (κ3) is 4.49. The van der Waals surface area contributed by atoms with Gasteiger partial charge in [0.2, 0.25) is 5.91 Å². The van der Waals surface area contributed by atoms with Crippen molar-refractivity contribution < 1.29 is 17.6 Å². The van der Waals surface area contributed by atoms with Crippen LogP contribution in [0.15, 0.2) is 46.0 Å². The van der Waals surface area contributed by atoms with Gasteiger partial charge in [-0.05, 0) is 48.4 Å². The lowest BCUT2D eigenvalue weighted by Gasteiger charge is -2.30. The van der Waals surface area contributed by atoms with Gasteiger partial charge in [0.1, 0.15) is 10.0 Å². The van der Waals surface area contributed by atoms with E-state index in [-0.39, 0.29) is 17.6 Å². The van der Waals surface area contributed by atoms with Gasteiger partial charge in [0.05, 0.1) is 0 Å². The summed E-state index contributed by atoms with van der Waals surface area (Å²) in [5.74, 6) is -0.528. The molecule has 1 aliphatic rings. The number of thiophene rings is 1. The molecular formula is C18H21FN2O3S2. The monoisotopic (exact) mass is 396 g/mol. The number of nitrogens with one attached hydrogen (secondary N) is 1. The highest BCUT2D eigenvalue weighted by molar-refractivity contribution is 7.91. The van der Waals surface area contributed by atoms with Crippen molar-refractivity contribution in [1.29, 1.82) is 0 Å². The van der Waals surface area contributed by atoms with Gasteiger partial charge in [-0.3, -0.25) is 4.79 Å². The molecule has 1 saturated heterocycles. The second-order valence-electron chi connectivity index (χ2n) is 6.28. The minimum atomic E-state index is -3.44. The number of carbonyl (C=O) groups excluding carboxylic acids is 1. The Morgan fingerprint density at radius 1 is 1.23 bits per heavy atom. The van der Waals surface area contributed by atoms with Gasteiger partial charge in [-0.2, -0.15) is 4.31 Å². The molecule has 1 aromatic carbocycles. The van der Waals surface area contributed by atoms with Crippen LogP contribution in [0.1, 0.15) is 18.4 Å². The second-order valence-corrected chi connectivity index (χ2v) is 9.39. The fourth-order valence-electron chi connectivity index (χ4n) is 3.06. The molecule has 3 rings (SSSR count). The normalized spacial score (nSPS) is 16.5. The summed E-state index contributed by atoms with van der Waals surface area (Å²) in [6.45, 7) is 1.14. The number of nitrogens with zero attached hydrogens (tertiary/aromatic N) is 1. The molecule has 1 amide bonds. The summed E-state index contributed by atoms with van der Waals surface area (Å²) >= 11 is 1.21. The number of halogens is 1. The number of amides is 1. The van der Waals surface area contributed by atoms with Crippen LogP contribution < -0.4 is 5.32 Å². The molecule has 0 unspecified atom stereocenters. The van der Waals surface area contributed by atoms with Crippen molar-refractivity contribution in [3.8, 4) is 0 Å². The molecule has 1 fully saturated rings. The first-order chi connectivity index (χ1) is 12.5. The smallest absolute Gasteiger partial charge is 0.252 e. The van der Waals surface area contributed by atoms with Crippen molar-refractivity contribution in [1.82, 2.24) is 9.62 Å². The lowest BCUT2D eigenvalue weighted by molar-refractivity contribution is -0.126. The third-order valence-corrected chi connectivity index (χ3v) is 7.79. The SMILES string of the molecule is O=C(NCCc1cccc(F)c1)C1CCN(S(=O)(=O)c2cccs2)CC1. The summed E-state index contributed by atoms with van der Waals surface area (Å²) in [6.07, 6.45) is 1.59. The van der Waals surface area contributed by atoms with Gasteiger partial charge in [0.15, 0.2) is 0 Å². The largest absolute Gasteiger partial charge is 0.356 e. The van der Waals surface area contributed by atoms with Crippen LogP contribution in [0.3, 0.4) is 0 Å². The maximum atomic E-state index is 13.1. The number of piperidine rings is 1. The van der Waals surface area contributed by atoms with Gasteiger partial charge in [-0.1, -0.05) is 18.2 Å². The molecule has 0 aliphatic carbocycles. The van der Waals surface area contributed by atoms with Crippen molar-refractivity contribution in [3.63, 3.8) is 0 Å². The van der Waals surface area contributed by atoms with Crippen molar-refractivity contribution in [2.75, 3.05) is 19.6 Å². The molecule has 2 heterocycles. The van der Waals surface area contributed by atoms with E-state index in [1.54, 1.807) is 23.6 Å². The number of benzene rings is 1. The molecule has 0 radical (unpaired) electrons. The number of hydrogen-bond donors (Lipinski definition) is 1. The summed E-state index contributed by atoms with van der Waals surface area (Å²) in [5.41, 5.74) is 0.835. The Hall–Kier alpha value is -1.77. The van der Waals surface area contributed by atoms with Crippen LogP contribution in [0.2, 0.25) is 0 Å². The summed E-state index contributed by atoms with van der Waals surface area (Å²) in [4.78, 5) is 12.3. The molecule has 140 valence electrons. The number of carbonyl (C=O) groups is 1. The van der Waals surface area contributed by atoms with Crippen LogP contribution in [0, 0.1) is 11.7 Å². The highest BCUT2D eigenvalue weighted by Crippen LogP contribution is 2.26. The van der Waals surface area contributed by atoms with Crippen LogP contribution >= 0.6 is 11.3 Å². The van der Waals surface area contributed by atoms with Crippen LogP contribution in [0.5, 0.6) is 0 Å². The number of rotatable bonds is 6. The van der Waals surface area contributed by atoms with E-state index in [1.807, 2.05) is 6.07 Å². The second kappa shape index (κ2) is 8.28. The van der Waals surface area contributed by atoms with Crippen LogP contribution in [0.4, 0.5) is 4.39 Å². The lowest BCUT2D eigenvalue weighted by Crippen LogP contribution is -2.43. The number of hydrogen-bond acceptors (Lipinski definition) is 4. The first kappa shape index (κ1) is 19.0. The minimum Gasteiger partial charge on any atom is -0.356 e. The van der Waals surface area contributed by atoms with Gasteiger partial charge in [-0.15, -0.1) is 11.3 Å². The van der Waals surface area contributed by atoms with E-state index in [0.29, 0.717) is 43.1 Å². The van der Waals surface area contributed by atoms with Gasteiger partial charge in [0, 0.05) is 25.6 Å². The quantitative estimate of drug-likeness (QED) is 0.816. The highest BCUT2D eigenvalue weighted by atomic mass is 32.2. The fourth-order valence-corrected chi connectivity index (χ4v) is 5.68. The molecule has 1 aromatic heterocycles. The highest BCUT2D eigenvalue weighted by Gasteiger charge is 2.32. The maximum absolute atomic E-state index is 13.1. The molecule has 0 saturated carbocycles. The molecule has 0 bridgehead atoms. The predicted molar refractivity (Wildman–Crippen MR) is 98.9 cm³/mol. The Morgan fingerprint density at radius 2 is 2.00 bits per heavy atom. The lowest BCUT2D eigenvalue weighted by atomic mass is 9.97. The molecule has 26 heavy (non-hydrogen) atoms. The van der Waals surface area contributed by atoms with Crippen LogP contribution in [0.25, 0.3) is 0 Å². The summed E-state index contributed by atoms with van der Waals surface area (Å²) in [7, 11) is -3.44. The predicted octanol–water partition coefficient (Wildman–Crippen LogP) is 2.65. The molecule has 0 spiro atoms. The van der Waals surface area contributed by atoms with Gasteiger partial charge >= 0.3 is 0 Å². The maximum Gasteiger partial charge on any atom is 0.252 e. The summed E-state index contributed by atoms with van der Waals surface area (Å²) in [5, 5.41) is 4.62. The third-order valence-electron chi connectivity index (χ3n) is 4.52. The average molecular weight is 397 g/mol.